The number of hydrogen-bond donors (Lipinski definition) is 0. The van der Waals surface area contributed by atoms with E-state index in [0.29, 0.717) is 18.3 Å². The van der Waals surface area contributed by atoms with E-state index in [1.807, 2.05) is 12.1 Å². The highest BCUT2D eigenvalue weighted by Gasteiger charge is 2.36. The van der Waals surface area contributed by atoms with Crippen molar-refractivity contribution in [3.63, 3.8) is 0 Å². The molecule has 0 bridgehead atoms. The first-order chi connectivity index (χ1) is 15.0. The molecule has 0 spiro atoms. The molecule has 2 aliphatic rings. The molecule has 8 nitrogen and oxygen atoms in total. The Morgan fingerprint density at radius 2 is 1.87 bits per heavy atom. The second kappa shape index (κ2) is 9.67. The molecule has 1 aromatic heterocycles. The Kier molecular flexibility index (Phi) is 6.93. The molecular weight excluding hydrogens is 416 g/mol. The summed E-state index contributed by atoms with van der Waals surface area (Å²) in [4.78, 5) is 2.43. The van der Waals surface area contributed by atoms with Gasteiger partial charge in [0.15, 0.2) is 0 Å². The molecule has 0 radical (unpaired) electrons. The molecule has 0 aliphatic carbocycles. The van der Waals surface area contributed by atoms with Crippen LogP contribution in [0.4, 0.5) is 0 Å². The molecule has 2 saturated heterocycles. The SMILES string of the molecule is CCS(=O)(=O)N1CCCC[C@@H]1c1nnc(C2CCN(Cc3cccc(OC)c3)CC2)o1. The minimum Gasteiger partial charge on any atom is -0.497 e. The number of methoxy groups -OCH3 is 1. The molecule has 170 valence electrons. The molecule has 2 aliphatic heterocycles. The van der Waals surface area contributed by atoms with E-state index in [0.717, 1.165) is 57.5 Å². The van der Waals surface area contributed by atoms with Crippen LogP contribution in [0.1, 0.15) is 68.3 Å². The molecule has 0 saturated carbocycles. The molecule has 2 aromatic rings. The van der Waals surface area contributed by atoms with Gasteiger partial charge in [0, 0.05) is 19.0 Å². The molecule has 2 fully saturated rings. The minimum absolute atomic E-state index is 0.0935. The van der Waals surface area contributed by atoms with Crippen LogP contribution in [-0.4, -0.2) is 60.3 Å². The third-order valence-electron chi connectivity index (χ3n) is 6.39. The molecule has 1 aromatic carbocycles. The summed E-state index contributed by atoms with van der Waals surface area (Å²) in [7, 11) is -1.60. The summed E-state index contributed by atoms with van der Waals surface area (Å²) in [6.07, 6.45) is 4.49. The number of likely N-dealkylation sites (tertiary alicyclic amines) is 1. The van der Waals surface area contributed by atoms with Crippen LogP contribution in [0.25, 0.3) is 0 Å². The van der Waals surface area contributed by atoms with E-state index in [1.54, 1.807) is 18.3 Å². The van der Waals surface area contributed by atoms with Crippen LogP contribution >= 0.6 is 0 Å². The van der Waals surface area contributed by atoms with Gasteiger partial charge in [-0.2, -0.15) is 4.31 Å². The second-order valence-corrected chi connectivity index (χ2v) is 10.6. The summed E-state index contributed by atoms with van der Waals surface area (Å²) in [6.45, 7) is 5.02. The van der Waals surface area contributed by atoms with E-state index in [2.05, 4.69) is 27.2 Å². The van der Waals surface area contributed by atoms with Crippen LogP contribution in [-0.2, 0) is 16.6 Å². The Bertz CT molecular complexity index is 969. The lowest BCUT2D eigenvalue weighted by molar-refractivity contribution is 0.183. The number of ether oxygens (including phenoxy) is 1. The molecule has 3 heterocycles. The zero-order chi connectivity index (χ0) is 21.8. The fraction of sp³-hybridized carbons (Fsp3) is 0.636. The maximum Gasteiger partial charge on any atom is 0.234 e. The van der Waals surface area contributed by atoms with Crippen LogP contribution in [0.15, 0.2) is 28.7 Å². The van der Waals surface area contributed by atoms with Gasteiger partial charge in [-0.3, -0.25) is 4.90 Å². The fourth-order valence-corrected chi connectivity index (χ4v) is 5.89. The second-order valence-electron chi connectivity index (χ2n) is 8.40. The topological polar surface area (TPSA) is 88.8 Å². The van der Waals surface area contributed by atoms with Gasteiger partial charge in [0.25, 0.3) is 0 Å². The van der Waals surface area contributed by atoms with E-state index in [1.165, 1.54) is 5.56 Å². The standard InChI is InChI=1S/C22H32N4O4S/c1-3-31(27,28)26-12-5-4-9-20(26)22-24-23-21(30-22)18-10-13-25(14-11-18)16-17-7-6-8-19(15-17)29-2/h6-8,15,18,20H,3-5,9-14,16H2,1-2H3/t20-/m1/s1. The average Bonchev–Trinajstić information content (AvgIpc) is 3.30. The predicted octanol–water partition coefficient (Wildman–Crippen LogP) is 3.33. The highest BCUT2D eigenvalue weighted by molar-refractivity contribution is 7.89. The smallest absolute Gasteiger partial charge is 0.234 e. The van der Waals surface area contributed by atoms with Gasteiger partial charge >= 0.3 is 0 Å². The van der Waals surface area contributed by atoms with E-state index in [-0.39, 0.29) is 17.7 Å². The summed E-state index contributed by atoms with van der Waals surface area (Å²) in [5, 5.41) is 8.58. The molecular formula is C22H32N4O4S. The Hall–Kier alpha value is -1.97. The van der Waals surface area contributed by atoms with Crippen LogP contribution in [0.5, 0.6) is 5.75 Å². The first-order valence-corrected chi connectivity index (χ1v) is 12.8. The number of rotatable bonds is 7. The van der Waals surface area contributed by atoms with Crippen LogP contribution in [0.2, 0.25) is 0 Å². The first kappa shape index (κ1) is 22.2. The fourth-order valence-electron chi connectivity index (χ4n) is 4.56. The number of nitrogens with zero attached hydrogens (tertiary/aromatic N) is 4. The van der Waals surface area contributed by atoms with Crippen molar-refractivity contribution in [2.45, 2.75) is 57.5 Å². The van der Waals surface area contributed by atoms with Crippen molar-refractivity contribution in [2.24, 2.45) is 0 Å². The van der Waals surface area contributed by atoms with E-state index >= 15 is 0 Å². The van der Waals surface area contributed by atoms with E-state index < -0.39 is 10.0 Å². The van der Waals surface area contributed by atoms with Crippen LogP contribution < -0.4 is 4.74 Å². The zero-order valence-electron chi connectivity index (χ0n) is 18.4. The summed E-state index contributed by atoms with van der Waals surface area (Å²) < 4.78 is 37.9. The third kappa shape index (κ3) is 5.10. The number of benzene rings is 1. The number of aromatic nitrogens is 2. The van der Waals surface area contributed by atoms with Crippen LogP contribution in [0, 0.1) is 0 Å². The van der Waals surface area contributed by atoms with Gasteiger partial charge in [0.1, 0.15) is 11.8 Å². The first-order valence-electron chi connectivity index (χ1n) is 11.2. The number of sulfonamides is 1. The Morgan fingerprint density at radius 1 is 1.10 bits per heavy atom. The van der Waals surface area contributed by atoms with Gasteiger partial charge < -0.3 is 9.15 Å². The number of hydrogen-bond acceptors (Lipinski definition) is 7. The lowest BCUT2D eigenvalue weighted by Crippen LogP contribution is -2.39. The number of piperidine rings is 2. The monoisotopic (exact) mass is 448 g/mol. The van der Waals surface area contributed by atoms with Crippen molar-refractivity contribution in [1.29, 1.82) is 0 Å². The predicted molar refractivity (Wildman–Crippen MR) is 117 cm³/mol. The van der Waals surface area contributed by atoms with Crippen molar-refractivity contribution >= 4 is 10.0 Å². The van der Waals surface area contributed by atoms with Crippen molar-refractivity contribution in [3.8, 4) is 5.75 Å². The quantitative estimate of drug-likeness (QED) is 0.642. The average molecular weight is 449 g/mol. The van der Waals surface area contributed by atoms with Crippen molar-refractivity contribution in [1.82, 2.24) is 19.4 Å². The molecule has 9 heteroatoms. The lowest BCUT2D eigenvalue weighted by atomic mass is 9.96. The largest absolute Gasteiger partial charge is 0.497 e. The maximum atomic E-state index is 12.5. The molecule has 0 unspecified atom stereocenters. The molecule has 0 amide bonds. The zero-order valence-corrected chi connectivity index (χ0v) is 19.2. The van der Waals surface area contributed by atoms with Crippen molar-refractivity contribution < 1.29 is 17.6 Å². The highest BCUT2D eigenvalue weighted by atomic mass is 32.2. The van der Waals surface area contributed by atoms with Crippen molar-refractivity contribution in [2.75, 3.05) is 32.5 Å². The maximum absolute atomic E-state index is 12.5. The van der Waals surface area contributed by atoms with Gasteiger partial charge in [-0.25, -0.2) is 8.42 Å². The van der Waals surface area contributed by atoms with Gasteiger partial charge in [-0.15, -0.1) is 10.2 Å². The molecule has 1 atom stereocenters. The summed E-state index contributed by atoms with van der Waals surface area (Å²) in [5.41, 5.74) is 1.24. The van der Waals surface area contributed by atoms with Gasteiger partial charge in [0.2, 0.25) is 21.8 Å². The van der Waals surface area contributed by atoms with Crippen LogP contribution in [0.3, 0.4) is 0 Å². The van der Waals surface area contributed by atoms with Gasteiger partial charge in [-0.05, 0) is 63.4 Å². The van der Waals surface area contributed by atoms with Gasteiger partial charge in [0.05, 0.1) is 12.9 Å². The molecule has 4 rings (SSSR count). The minimum atomic E-state index is -3.29. The normalized spacial score (nSPS) is 21.9. The Balaban J connectivity index is 1.37. The summed E-state index contributed by atoms with van der Waals surface area (Å²) >= 11 is 0. The lowest BCUT2D eigenvalue weighted by Gasteiger charge is -2.32. The molecule has 31 heavy (non-hydrogen) atoms. The van der Waals surface area contributed by atoms with E-state index in [4.69, 9.17) is 9.15 Å². The summed E-state index contributed by atoms with van der Waals surface area (Å²) in [5.74, 6) is 2.30. The summed E-state index contributed by atoms with van der Waals surface area (Å²) in [6, 6.07) is 7.86. The third-order valence-corrected chi connectivity index (χ3v) is 8.28. The van der Waals surface area contributed by atoms with E-state index in [9.17, 15) is 8.42 Å². The van der Waals surface area contributed by atoms with Gasteiger partial charge in [-0.1, -0.05) is 18.6 Å². The Morgan fingerprint density at radius 3 is 2.61 bits per heavy atom. The highest BCUT2D eigenvalue weighted by Crippen LogP contribution is 2.35. The molecule has 0 N–H and O–H groups in total. The Labute approximate surface area is 184 Å². The van der Waals surface area contributed by atoms with Crippen molar-refractivity contribution in [3.05, 3.63) is 41.6 Å².